The van der Waals surface area contributed by atoms with Crippen LogP contribution in [0.4, 0.5) is 5.82 Å². The molecule has 0 bridgehead atoms. The number of likely N-dealkylation sites (tertiary alicyclic amines) is 1. The van der Waals surface area contributed by atoms with Gasteiger partial charge in [-0.05, 0) is 31.7 Å². The van der Waals surface area contributed by atoms with Crippen molar-refractivity contribution in [1.82, 2.24) is 19.8 Å². The first-order valence-corrected chi connectivity index (χ1v) is 8.65. The molecule has 6 heteroatoms. The predicted octanol–water partition coefficient (Wildman–Crippen LogP) is 1.85. The second-order valence-electron chi connectivity index (χ2n) is 6.96. The average Bonchev–Trinajstić information content (AvgIpc) is 3.23. The van der Waals surface area contributed by atoms with Gasteiger partial charge >= 0.3 is 0 Å². The van der Waals surface area contributed by atoms with Crippen LogP contribution in [0.3, 0.4) is 0 Å². The van der Waals surface area contributed by atoms with Gasteiger partial charge in [0, 0.05) is 33.2 Å². The molecule has 2 heterocycles. The van der Waals surface area contributed by atoms with Crippen molar-refractivity contribution in [3.05, 3.63) is 18.1 Å². The number of rotatable bonds is 5. The minimum atomic E-state index is -0.116. The first kappa shape index (κ1) is 16.2. The Kier molecular flexibility index (Phi) is 5.10. The van der Waals surface area contributed by atoms with E-state index in [1.54, 1.807) is 20.3 Å². The molecule has 0 aromatic carbocycles. The number of hydrogen-bond acceptors (Lipinski definition) is 5. The van der Waals surface area contributed by atoms with Crippen LogP contribution in [0.2, 0.25) is 0 Å². The Balaban J connectivity index is 1.51. The molecule has 0 spiro atoms. The number of carbonyl (C=O) groups is 1. The van der Waals surface area contributed by atoms with Crippen molar-refractivity contribution in [2.75, 3.05) is 39.0 Å². The highest BCUT2D eigenvalue weighted by molar-refractivity contribution is 5.91. The lowest BCUT2D eigenvalue weighted by Gasteiger charge is -2.23. The third-order valence-corrected chi connectivity index (χ3v) is 4.99. The van der Waals surface area contributed by atoms with Crippen molar-refractivity contribution in [1.29, 1.82) is 0 Å². The van der Waals surface area contributed by atoms with Gasteiger partial charge in [0.15, 0.2) is 0 Å². The van der Waals surface area contributed by atoms with Crippen molar-refractivity contribution in [3.8, 4) is 0 Å². The van der Waals surface area contributed by atoms with E-state index in [1.165, 1.54) is 56.3 Å². The Bertz CT molecular complexity index is 542. The Morgan fingerprint density at radius 3 is 2.83 bits per heavy atom. The van der Waals surface area contributed by atoms with Gasteiger partial charge in [0.05, 0.1) is 12.4 Å². The molecule has 1 N–H and O–H groups in total. The number of hydrogen-bond donors (Lipinski definition) is 1. The molecular weight excluding hydrogens is 290 g/mol. The second-order valence-corrected chi connectivity index (χ2v) is 6.96. The Labute approximate surface area is 138 Å². The van der Waals surface area contributed by atoms with Gasteiger partial charge in [-0.25, -0.2) is 4.98 Å². The van der Waals surface area contributed by atoms with Crippen molar-refractivity contribution < 1.29 is 4.79 Å². The topological polar surface area (TPSA) is 61.4 Å². The zero-order chi connectivity index (χ0) is 16.2. The maximum Gasteiger partial charge on any atom is 0.273 e. The quantitative estimate of drug-likeness (QED) is 0.898. The summed E-state index contributed by atoms with van der Waals surface area (Å²) >= 11 is 0. The van der Waals surface area contributed by atoms with Crippen molar-refractivity contribution in [2.24, 2.45) is 5.92 Å². The fraction of sp³-hybridized carbons (Fsp3) is 0.706. The van der Waals surface area contributed by atoms with Crippen LogP contribution in [-0.2, 0) is 0 Å². The number of nitrogens with one attached hydrogen (secondary N) is 1. The van der Waals surface area contributed by atoms with Crippen LogP contribution >= 0.6 is 0 Å². The monoisotopic (exact) mass is 317 g/mol. The van der Waals surface area contributed by atoms with E-state index >= 15 is 0 Å². The summed E-state index contributed by atoms with van der Waals surface area (Å²) in [4.78, 5) is 24.6. The number of carbonyl (C=O) groups excluding carboxylic acids is 1. The first-order chi connectivity index (χ1) is 11.1. The van der Waals surface area contributed by atoms with E-state index in [-0.39, 0.29) is 5.91 Å². The first-order valence-electron chi connectivity index (χ1n) is 8.65. The second kappa shape index (κ2) is 7.25. The molecule has 2 aliphatic rings. The van der Waals surface area contributed by atoms with Crippen LogP contribution in [0.5, 0.6) is 0 Å². The molecule has 23 heavy (non-hydrogen) atoms. The molecule has 1 aromatic rings. The van der Waals surface area contributed by atoms with Gasteiger partial charge < -0.3 is 15.1 Å². The summed E-state index contributed by atoms with van der Waals surface area (Å²) in [6.45, 7) is 3.31. The molecule has 1 saturated heterocycles. The molecule has 2 fully saturated rings. The molecule has 126 valence electrons. The molecule has 1 aliphatic carbocycles. The number of amides is 1. The summed E-state index contributed by atoms with van der Waals surface area (Å²) in [6.07, 6.45) is 9.99. The Hall–Kier alpha value is -1.69. The van der Waals surface area contributed by atoms with Gasteiger partial charge in [-0.2, -0.15) is 0 Å². The molecule has 0 radical (unpaired) electrons. The van der Waals surface area contributed by atoms with Gasteiger partial charge in [0.25, 0.3) is 5.91 Å². The summed E-state index contributed by atoms with van der Waals surface area (Å²) in [5.74, 6) is 1.23. The number of nitrogens with zero attached hydrogens (tertiary/aromatic N) is 4. The van der Waals surface area contributed by atoms with Gasteiger partial charge in [-0.1, -0.05) is 12.8 Å². The zero-order valence-electron chi connectivity index (χ0n) is 14.2. The summed E-state index contributed by atoms with van der Waals surface area (Å²) in [7, 11) is 3.44. The summed E-state index contributed by atoms with van der Waals surface area (Å²) in [6, 6.07) is 0.820. The highest BCUT2D eigenvalue weighted by Crippen LogP contribution is 2.28. The summed E-state index contributed by atoms with van der Waals surface area (Å²) in [5, 5.41) is 3.36. The molecule has 6 nitrogen and oxygen atoms in total. The van der Waals surface area contributed by atoms with E-state index in [2.05, 4.69) is 20.2 Å². The molecule has 3 rings (SSSR count). The van der Waals surface area contributed by atoms with E-state index in [9.17, 15) is 4.79 Å². The van der Waals surface area contributed by atoms with Crippen LogP contribution in [0.25, 0.3) is 0 Å². The van der Waals surface area contributed by atoms with Crippen LogP contribution in [0.15, 0.2) is 12.4 Å². The van der Waals surface area contributed by atoms with E-state index in [0.717, 1.165) is 12.6 Å². The Morgan fingerprint density at radius 2 is 2.09 bits per heavy atom. The largest absolute Gasteiger partial charge is 0.368 e. The average molecular weight is 317 g/mol. The van der Waals surface area contributed by atoms with Gasteiger partial charge in [0.1, 0.15) is 11.5 Å². The maximum atomic E-state index is 11.9. The minimum Gasteiger partial charge on any atom is -0.368 e. The number of anilines is 1. The molecule has 1 aliphatic heterocycles. The van der Waals surface area contributed by atoms with Crippen LogP contribution in [0, 0.1) is 5.92 Å². The molecule has 1 saturated carbocycles. The van der Waals surface area contributed by atoms with E-state index in [0.29, 0.717) is 17.4 Å². The third-order valence-electron chi connectivity index (χ3n) is 4.99. The molecular formula is C17H27N5O. The van der Waals surface area contributed by atoms with Gasteiger partial charge in [-0.3, -0.25) is 9.78 Å². The molecule has 1 atom stereocenters. The lowest BCUT2D eigenvalue weighted by Crippen LogP contribution is -2.31. The highest BCUT2D eigenvalue weighted by atomic mass is 16.2. The standard InChI is InChI=1S/C17H27N5O/c1-21(2)17(23)15-10-18-11-16(20-15)19-9-13-7-8-22(12-13)14-5-3-4-6-14/h10-11,13-14H,3-9,12H2,1-2H3,(H,19,20). The van der Waals surface area contributed by atoms with Crippen molar-refractivity contribution in [3.63, 3.8) is 0 Å². The molecule has 1 amide bonds. The van der Waals surface area contributed by atoms with Gasteiger partial charge in [-0.15, -0.1) is 0 Å². The van der Waals surface area contributed by atoms with Crippen LogP contribution in [0.1, 0.15) is 42.6 Å². The fourth-order valence-electron chi connectivity index (χ4n) is 3.66. The van der Waals surface area contributed by atoms with Crippen molar-refractivity contribution >= 4 is 11.7 Å². The van der Waals surface area contributed by atoms with Gasteiger partial charge in [0.2, 0.25) is 0 Å². The van der Waals surface area contributed by atoms with E-state index < -0.39 is 0 Å². The SMILES string of the molecule is CN(C)C(=O)c1cncc(NCC2CCN(C3CCCC3)C2)n1. The van der Waals surface area contributed by atoms with Crippen molar-refractivity contribution in [2.45, 2.75) is 38.1 Å². The zero-order valence-corrected chi connectivity index (χ0v) is 14.2. The number of aromatic nitrogens is 2. The molecule has 1 unspecified atom stereocenters. The predicted molar refractivity (Wildman–Crippen MR) is 90.5 cm³/mol. The van der Waals surface area contributed by atoms with E-state index in [4.69, 9.17) is 0 Å². The highest BCUT2D eigenvalue weighted by Gasteiger charge is 2.29. The summed E-state index contributed by atoms with van der Waals surface area (Å²) in [5.41, 5.74) is 0.388. The third kappa shape index (κ3) is 3.99. The maximum absolute atomic E-state index is 11.9. The lowest BCUT2D eigenvalue weighted by molar-refractivity contribution is 0.0821. The van der Waals surface area contributed by atoms with Crippen LogP contribution in [-0.4, -0.2) is 65.4 Å². The Morgan fingerprint density at radius 1 is 1.30 bits per heavy atom. The van der Waals surface area contributed by atoms with E-state index in [1.807, 2.05) is 0 Å². The van der Waals surface area contributed by atoms with Crippen LogP contribution < -0.4 is 5.32 Å². The summed E-state index contributed by atoms with van der Waals surface area (Å²) < 4.78 is 0. The minimum absolute atomic E-state index is 0.116. The normalized spacial score (nSPS) is 22.4. The lowest BCUT2D eigenvalue weighted by atomic mass is 10.1. The molecule has 1 aromatic heterocycles. The smallest absolute Gasteiger partial charge is 0.273 e. The fourth-order valence-corrected chi connectivity index (χ4v) is 3.66.